The van der Waals surface area contributed by atoms with Crippen molar-refractivity contribution in [3.8, 4) is 0 Å². The molecule has 1 N–H and O–H groups in total. The van der Waals surface area contributed by atoms with E-state index in [1.165, 1.54) is 11.8 Å². The van der Waals surface area contributed by atoms with E-state index in [0.717, 1.165) is 10.0 Å². The lowest BCUT2D eigenvalue weighted by molar-refractivity contribution is -0.241. The fraction of sp³-hybridized carbons (Fsp3) is 0.714. The lowest BCUT2D eigenvalue weighted by atomic mass is 9.93. The quantitative estimate of drug-likeness (QED) is 0.758. The average molecular weight is 340 g/mol. The molecule has 0 radical (unpaired) electrons. The number of nitrogens with zero attached hydrogens (tertiary/aromatic N) is 3. The van der Waals surface area contributed by atoms with Crippen LogP contribution in [-0.4, -0.2) is 70.0 Å². The molecule has 4 heterocycles. The van der Waals surface area contributed by atoms with Crippen LogP contribution in [0.2, 0.25) is 0 Å². The minimum Gasteiger partial charge on any atom is -0.448 e. The fourth-order valence-electron chi connectivity index (χ4n) is 3.64. The van der Waals surface area contributed by atoms with Crippen molar-refractivity contribution in [3.05, 3.63) is 0 Å². The fourth-order valence-corrected chi connectivity index (χ4v) is 3.64. The van der Waals surface area contributed by atoms with Crippen molar-refractivity contribution in [2.45, 2.75) is 44.9 Å². The third kappa shape index (κ3) is 1.76. The van der Waals surface area contributed by atoms with E-state index < -0.39 is 35.3 Å². The van der Waals surface area contributed by atoms with Gasteiger partial charge in [-0.3, -0.25) is 9.59 Å². The van der Waals surface area contributed by atoms with Gasteiger partial charge in [-0.1, -0.05) is 0 Å². The van der Waals surface area contributed by atoms with E-state index in [4.69, 9.17) is 9.47 Å². The van der Waals surface area contributed by atoms with Gasteiger partial charge in [0.15, 0.2) is 0 Å². The van der Waals surface area contributed by atoms with E-state index in [1.807, 2.05) is 0 Å². The molecule has 4 fully saturated rings. The maximum absolute atomic E-state index is 12.9. The molecule has 0 aliphatic carbocycles. The number of nitrogens with one attached hydrogen (secondary N) is 1. The molecule has 24 heavy (non-hydrogen) atoms. The predicted molar refractivity (Wildman–Crippen MR) is 77.9 cm³/mol. The van der Waals surface area contributed by atoms with Crippen LogP contribution in [0.4, 0.5) is 9.59 Å². The average Bonchev–Trinajstić information content (AvgIpc) is 2.96. The number of hydrazine groups is 1. The Bertz CT molecular complexity index is 624. The molecule has 0 unspecified atom stereocenters. The SMILES string of the molecule is CCOC(=O)N1N(C(=O)OCC)[C@@]2(C)NC(=O)[C@@]13CCCN3C2=O. The van der Waals surface area contributed by atoms with Gasteiger partial charge < -0.3 is 19.7 Å². The van der Waals surface area contributed by atoms with Gasteiger partial charge in [-0.2, -0.15) is 10.0 Å². The second-order valence-electron chi connectivity index (χ2n) is 5.92. The van der Waals surface area contributed by atoms with Crippen LogP contribution in [0, 0.1) is 0 Å². The maximum Gasteiger partial charge on any atom is 0.431 e. The number of carbonyl (C=O) groups excluding carboxylic acids is 4. The summed E-state index contributed by atoms with van der Waals surface area (Å²) in [6.07, 6.45) is -1.02. The largest absolute Gasteiger partial charge is 0.448 e. The van der Waals surface area contributed by atoms with E-state index in [1.54, 1.807) is 13.8 Å². The first-order valence-corrected chi connectivity index (χ1v) is 7.93. The molecule has 10 nitrogen and oxygen atoms in total. The lowest BCUT2D eigenvalue weighted by Crippen LogP contribution is -2.92. The number of hydrogen-bond acceptors (Lipinski definition) is 6. The highest BCUT2D eigenvalue weighted by Gasteiger charge is 2.74. The summed E-state index contributed by atoms with van der Waals surface area (Å²) in [6.45, 7) is 5.05. The van der Waals surface area contributed by atoms with Gasteiger partial charge in [-0.05, 0) is 27.2 Å². The van der Waals surface area contributed by atoms with Crippen LogP contribution in [0.1, 0.15) is 33.6 Å². The Morgan fingerprint density at radius 3 is 2.29 bits per heavy atom. The van der Waals surface area contributed by atoms with Gasteiger partial charge in [0, 0.05) is 13.0 Å². The van der Waals surface area contributed by atoms with Crippen LogP contribution < -0.4 is 5.32 Å². The molecular formula is C14H20N4O6. The molecule has 0 aromatic heterocycles. The lowest BCUT2D eigenvalue weighted by Gasteiger charge is -2.62. The number of amides is 4. The van der Waals surface area contributed by atoms with Crippen LogP contribution in [-0.2, 0) is 19.1 Å². The second-order valence-corrected chi connectivity index (χ2v) is 5.92. The third-order valence-electron chi connectivity index (χ3n) is 4.59. The molecule has 10 heteroatoms. The number of carbonyl (C=O) groups is 4. The van der Waals surface area contributed by atoms with Crippen molar-refractivity contribution in [2.75, 3.05) is 19.8 Å². The molecule has 2 atom stereocenters. The Morgan fingerprint density at radius 1 is 1.12 bits per heavy atom. The van der Waals surface area contributed by atoms with Crippen molar-refractivity contribution in [3.63, 3.8) is 0 Å². The van der Waals surface area contributed by atoms with E-state index in [2.05, 4.69) is 5.32 Å². The van der Waals surface area contributed by atoms with Crippen molar-refractivity contribution in [1.82, 2.24) is 20.2 Å². The van der Waals surface area contributed by atoms with Crippen molar-refractivity contribution in [2.24, 2.45) is 0 Å². The molecule has 4 rings (SSSR count). The molecule has 4 saturated heterocycles. The number of rotatable bonds is 2. The number of piperazine rings is 1. The van der Waals surface area contributed by atoms with Gasteiger partial charge >= 0.3 is 12.2 Å². The summed E-state index contributed by atoms with van der Waals surface area (Å²) in [6, 6.07) is 0. The molecule has 4 aliphatic heterocycles. The third-order valence-corrected chi connectivity index (χ3v) is 4.59. The molecule has 4 amide bonds. The first-order valence-electron chi connectivity index (χ1n) is 7.93. The Balaban J connectivity index is 2.16. The molecule has 2 bridgehead atoms. The number of hydrogen-bond donors (Lipinski definition) is 1. The van der Waals surface area contributed by atoms with Gasteiger partial charge in [0.1, 0.15) is 0 Å². The van der Waals surface area contributed by atoms with Crippen LogP contribution in [0.5, 0.6) is 0 Å². The summed E-state index contributed by atoms with van der Waals surface area (Å²) in [5.74, 6) is -0.955. The van der Waals surface area contributed by atoms with Crippen LogP contribution in [0.15, 0.2) is 0 Å². The first kappa shape index (κ1) is 16.3. The molecule has 1 spiro atoms. The summed E-state index contributed by atoms with van der Waals surface area (Å²) in [5, 5.41) is 4.39. The van der Waals surface area contributed by atoms with E-state index >= 15 is 0 Å². The second kappa shape index (κ2) is 5.25. The van der Waals surface area contributed by atoms with Gasteiger partial charge in [-0.15, -0.1) is 0 Å². The minimum absolute atomic E-state index is 0.0565. The number of fused-ring (bicyclic) bond motifs is 2. The standard InChI is InChI=1S/C14H20N4O6/c1-4-23-11(21)17-13(3)10(20)16-8-6-7-14(16,9(19)15-13)18(17)12(22)24-5-2/h4-8H2,1-3H3,(H,15,19)/t13-,14-/m1/s1. The van der Waals surface area contributed by atoms with Crippen molar-refractivity contribution >= 4 is 24.0 Å². The molecule has 4 aliphatic rings. The maximum atomic E-state index is 12.9. The van der Waals surface area contributed by atoms with Crippen molar-refractivity contribution in [1.29, 1.82) is 0 Å². The molecule has 0 aromatic rings. The first-order chi connectivity index (χ1) is 11.3. The Morgan fingerprint density at radius 2 is 1.71 bits per heavy atom. The zero-order valence-corrected chi connectivity index (χ0v) is 13.8. The van der Waals surface area contributed by atoms with Gasteiger partial charge in [0.2, 0.25) is 11.3 Å². The Kier molecular flexibility index (Phi) is 3.57. The van der Waals surface area contributed by atoms with Gasteiger partial charge in [0.25, 0.3) is 11.8 Å². The summed E-state index contributed by atoms with van der Waals surface area (Å²) >= 11 is 0. The van der Waals surface area contributed by atoms with Crippen LogP contribution in [0.3, 0.4) is 0 Å². The summed E-state index contributed by atoms with van der Waals surface area (Å²) in [4.78, 5) is 52.0. The van der Waals surface area contributed by atoms with E-state index in [0.29, 0.717) is 13.0 Å². The Labute approximate surface area is 138 Å². The van der Waals surface area contributed by atoms with Crippen LogP contribution in [0.25, 0.3) is 0 Å². The molecular weight excluding hydrogens is 320 g/mol. The molecule has 132 valence electrons. The van der Waals surface area contributed by atoms with E-state index in [9.17, 15) is 19.2 Å². The number of ether oxygens (including phenoxy) is 2. The minimum atomic E-state index is -1.73. The Hall–Kier alpha value is -2.52. The zero-order valence-electron chi connectivity index (χ0n) is 13.8. The normalized spacial score (nSPS) is 31.0. The highest BCUT2D eigenvalue weighted by atomic mass is 16.6. The van der Waals surface area contributed by atoms with Crippen molar-refractivity contribution < 1.29 is 28.7 Å². The highest BCUT2D eigenvalue weighted by Crippen LogP contribution is 2.46. The van der Waals surface area contributed by atoms with E-state index in [-0.39, 0.29) is 19.6 Å². The van der Waals surface area contributed by atoms with Gasteiger partial charge in [-0.25, -0.2) is 9.59 Å². The molecule has 0 saturated carbocycles. The summed E-state index contributed by atoms with van der Waals surface area (Å²) in [5.41, 5.74) is -3.32. The van der Waals surface area contributed by atoms with Crippen LogP contribution >= 0.6 is 0 Å². The summed E-state index contributed by atoms with van der Waals surface area (Å²) < 4.78 is 10.0. The zero-order chi connectivity index (χ0) is 17.7. The summed E-state index contributed by atoms with van der Waals surface area (Å²) in [7, 11) is 0. The van der Waals surface area contributed by atoms with Gasteiger partial charge in [0.05, 0.1) is 13.2 Å². The molecule has 0 aromatic carbocycles. The highest BCUT2D eigenvalue weighted by molar-refractivity contribution is 6.07. The predicted octanol–water partition coefficient (Wildman–Crippen LogP) is -0.00330. The topological polar surface area (TPSA) is 108 Å². The smallest absolute Gasteiger partial charge is 0.431 e. The monoisotopic (exact) mass is 340 g/mol.